The number of hydrogen-bond acceptors (Lipinski definition) is 3. The lowest BCUT2D eigenvalue weighted by atomic mass is 9.95. The summed E-state index contributed by atoms with van der Waals surface area (Å²) in [5, 5.41) is 3.16. The van der Waals surface area contributed by atoms with E-state index in [1.807, 2.05) is 26.1 Å². The van der Waals surface area contributed by atoms with Gasteiger partial charge in [-0.3, -0.25) is 0 Å². The van der Waals surface area contributed by atoms with Crippen molar-refractivity contribution in [2.24, 2.45) is 5.92 Å². The number of sulfonamides is 1. The van der Waals surface area contributed by atoms with Gasteiger partial charge in [0.1, 0.15) is 0 Å². The lowest BCUT2D eigenvalue weighted by Crippen LogP contribution is -2.39. The molecule has 7 heteroatoms. The molecule has 1 fully saturated rings. The molecule has 1 aliphatic heterocycles. The van der Waals surface area contributed by atoms with Crippen LogP contribution in [-0.4, -0.2) is 39.4 Å². The van der Waals surface area contributed by atoms with Crippen molar-refractivity contribution in [1.82, 2.24) is 9.62 Å². The lowest BCUT2D eigenvalue weighted by molar-refractivity contribution is 0.263. The predicted molar refractivity (Wildman–Crippen MR) is 96.2 cm³/mol. The van der Waals surface area contributed by atoms with E-state index in [4.69, 9.17) is 0 Å². The first-order valence-corrected chi connectivity index (χ1v) is 9.59. The maximum absolute atomic E-state index is 12.8. The Bertz CT molecular complexity index is 587. The average Bonchev–Trinajstić information content (AvgIpc) is 2.48. The molecule has 1 heterocycles. The van der Waals surface area contributed by atoms with Crippen molar-refractivity contribution in [3.8, 4) is 0 Å². The van der Waals surface area contributed by atoms with E-state index in [-0.39, 0.29) is 12.4 Å². The van der Waals surface area contributed by atoms with E-state index < -0.39 is 10.0 Å². The van der Waals surface area contributed by atoms with Crippen LogP contribution in [0.5, 0.6) is 0 Å². The standard InChI is InChI=1S/C15H23BrN2O2S.ClH/c1-12-3-4-14(16)11-15(12)21(19,20)18-9-6-13(7-10-18)5-8-17-2;/h3-4,11,13,17H,5-10H2,1-2H3;1H. The Morgan fingerprint density at radius 2 is 1.95 bits per heavy atom. The van der Waals surface area contributed by atoms with Crippen molar-refractivity contribution in [3.63, 3.8) is 0 Å². The maximum atomic E-state index is 12.8. The normalized spacial score (nSPS) is 17.2. The molecular weight excluding hydrogens is 388 g/mol. The number of piperidine rings is 1. The van der Waals surface area contributed by atoms with Gasteiger partial charge in [0.15, 0.2) is 0 Å². The minimum absolute atomic E-state index is 0. The molecule has 2 rings (SSSR count). The molecule has 0 unspecified atom stereocenters. The Hall–Kier alpha value is -0.140. The molecule has 0 saturated carbocycles. The largest absolute Gasteiger partial charge is 0.320 e. The van der Waals surface area contributed by atoms with Crippen LogP contribution in [0.25, 0.3) is 0 Å². The third kappa shape index (κ3) is 4.68. The molecule has 1 N–H and O–H groups in total. The fraction of sp³-hybridized carbons (Fsp3) is 0.600. The van der Waals surface area contributed by atoms with Crippen molar-refractivity contribution in [1.29, 1.82) is 0 Å². The number of hydrogen-bond donors (Lipinski definition) is 1. The minimum atomic E-state index is -3.37. The molecule has 22 heavy (non-hydrogen) atoms. The first-order valence-electron chi connectivity index (χ1n) is 7.36. The van der Waals surface area contributed by atoms with Crippen molar-refractivity contribution < 1.29 is 8.42 Å². The van der Waals surface area contributed by atoms with Crippen LogP contribution in [0.15, 0.2) is 27.6 Å². The van der Waals surface area contributed by atoms with Crippen molar-refractivity contribution >= 4 is 38.4 Å². The zero-order valence-corrected chi connectivity index (χ0v) is 16.2. The SMILES string of the molecule is CNCCC1CCN(S(=O)(=O)c2cc(Br)ccc2C)CC1.Cl. The summed E-state index contributed by atoms with van der Waals surface area (Å²) in [6.45, 7) is 4.10. The first-order chi connectivity index (χ1) is 9.95. The Kier molecular flexibility index (Phi) is 7.82. The van der Waals surface area contributed by atoms with Gasteiger partial charge in [-0.1, -0.05) is 22.0 Å². The molecule has 1 saturated heterocycles. The Labute approximate surface area is 148 Å². The summed E-state index contributed by atoms with van der Waals surface area (Å²) in [4.78, 5) is 0.422. The third-order valence-electron chi connectivity index (χ3n) is 4.14. The quantitative estimate of drug-likeness (QED) is 0.809. The highest BCUT2D eigenvalue weighted by molar-refractivity contribution is 9.10. The summed E-state index contributed by atoms with van der Waals surface area (Å²) in [7, 11) is -1.42. The van der Waals surface area contributed by atoms with Gasteiger partial charge in [0.05, 0.1) is 4.90 Å². The van der Waals surface area contributed by atoms with Crippen LogP contribution in [0.4, 0.5) is 0 Å². The van der Waals surface area contributed by atoms with Crippen LogP contribution >= 0.6 is 28.3 Å². The molecule has 4 nitrogen and oxygen atoms in total. The second-order valence-electron chi connectivity index (χ2n) is 5.65. The molecule has 126 valence electrons. The van der Waals surface area contributed by atoms with Crippen LogP contribution in [-0.2, 0) is 10.0 Å². The van der Waals surface area contributed by atoms with Gasteiger partial charge >= 0.3 is 0 Å². The van der Waals surface area contributed by atoms with Gasteiger partial charge in [-0.2, -0.15) is 4.31 Å². The van der Waals surface area contributed by atoms with E-state index in [1.54, 1.807) is 10.4 Å². The van der Waals surface area contributed by atoms with Crippen LogP contribution in [0.3, 0.4) is 0 Å². The molecule has 1 aliphatic rings. The van der Waals surface area contributed by atoms with Gasteiger partial charge < -0.3 is 5.32 Å². The van der Waals surface area contributed by atoms with E-state index in [1.165, 1.54) is 0 Å². The summed E-state index contributed by atoms with van der Waals surface area (Å²) < 4.78 is 28.0. The predicted octanol–water partition coefficient (Wildman–Crippen LogP) is 3.19. The molecule has 0 atom stereocenters. The van der Waals surface area contributed by atoms with Gasteiger partial charge in [0.25, 0.3) is 0 Å². The van der Waals surface area contributed by atoms with Crippen LogP contribution in [0, 0.1) is 12.8 Å². The molecule has 0 aromatic heterocycles. The average molecular weight is 412 g/mol. The van der Waals surface area contributed by atoms with Gasteiger partial charge in [-0.25, -0.2) is 8.42 Å². The lowest BCUT2D eigenvalue weighted by Gasteiger charge is -2.31. The molecule has 0 spiro atoms. The summed E-state index contributed by atoms with van der Waals surface area (Å²) in [5.74, 6) is 0.632. The summed E-state index contributed by atoms with van der Waals surface area (Å²) >= 11 is 3.36. The molecule has 0 radical (unpaired) electrons. The highest BCUT2D eigenvalue weighted by Gasteiger charge is 2.30. The topological polar surface area (TPSA) is 49.4 Å². The second-order valence-corrected chi connectivity index (χ2v) is 8.47. The number of benzene rings is 1. The molecule has 0 aliphatic carbocycles. The highest BCUT2D eigenvalue weighted by Crippen LogP contribution is 2.28. The first kappa shape index (κ1) is 19.9. The molecule has 1 aromatic rings. The Morgan fingerprint density at radius 1 is 1.32 bits per heavy atom. The molecular formula is C15H24BrClN2O2S. The van der Waals surface area contributed by atoms with Crippen molar-refractivity contribution in [3.05, 3.63) is 28.2 Å². The fourth-order valence-corrected chi connectivity index (χ4v) is 5.01. The number of aryl methyl sites for hydroxylation is 1. The van der Waals surface area contributed by atoms with Gasteiger partial charge in [0, 0.05) is 17.6 Å². The van der Waals surface area contributed by atoms with Crippen LogP contribution in [0.1, 0.15) is 24.8 Å². The summed E-state index contributed by atoms with van der Waals surface area (Å²) in [5.41, 5.74) is 0.801. The van der Waals surface area contributed by atoms with E-state index in [0.29, 0.717) is 23.9 Å². The van der Waals surface area contributed by atoms with Gasteiger partial charge in [0.2, 0.25) is 10.0 Å². The molecule has 0 amide bonds. The zero-order valence-electron chi connectivity index (χ0n) is 13.0. The smallest absolute Gasteiger partial charge is 0.243 e. The number of nitrogens with one attached hydrogen (secondary N) is 1. The minimum Gasteiger partial charge on any atom is -0.320 e. The molecule has 1 aromatic carbocycles. The van der Waals surface area contributed by atoms with Crippen molar-refractivity contribution in [2.45, 2.75) is 31.1 Å². The Morgan fingerprint density at radius 3 is 2.55 bits per heavy atom. The molecule has 0 bridgehead atoms. The highest BCUT2D eigenvalue weighted by atomic mass is 79.9. The van der Waals surface area contributed by atoms with Crippen LogP contribution in [0.2, 0.25) is 0 Å². The number of halogens is 2. The second kappa shape index (κ2) is 8.64. The monoisotopic (exact) mass is 410 g/mol. The Balaban J connectivity index is 0.00000242. The maximum Gasteiger partial charge on any atom is 0.243 e. The van der Waals surface area contributed by atoms with Gasteiger partial charge in [-0.05, 0) is 63.4 Å². The third-order valence-corrected chi connectivity index (χ3v) is 6.68. The zero-order chi connectivity index (χ0) is 15.5. The number of nitrogens with zero attached hydrogens (tertiary/aromatic N) is 1. The van der Waals surface area contributed by atoms with E-state index in [2.05, 4.69) is 21.2 Å². The number of rotatable bonds is 5. The summed E-state index contributed by atoms with van der Waals surface area (Å²) in [6, 6.07) is 5.42. The summed E-state index contributed by atoms with van der Waals surface area (Å²) in [6.07, 6.45) is 3.03. The fourth-order valence-electron chi connectivity index (χ4n) is 2.78. The van der Waals surface area contributed by atoms with E-state index >= 15 is 0 Å². The van der Waals surface area contributed by atoms with E-state index in [9.17, 15) is 8.42 Å². The van der Waals surface area contributed by atoms with E-state index in [0.717, 1.165) is 35.8 Å². The van der Waals surface area contributed by atoms with Crippen molar-refractivity contribution in [2.75, 3.05) is 26.7 Å². The van der Waals surface area contributed by atoms with Gasteiger partial charge in [-0.15, -0.1) is 12.4 Å². The van der Waals surface area contributed by atoms with Crippen LogP contribution < -0.4 is 5.32 Å².